The molecule has 0 bridgehead atoms. The van der Waals surface area contributed by atoms with Crippen molar-refractivity contribution in [3.63, 3.8) is 0 Å². The van der Waals surface area contributed by atoms with Crippen LogP contribution in [0.1, 0.15) is 18.4 Å². The maximum Gasteiger partial charge on any atom is 0.133 e. The first-order valence-corrected chi connectivity index (χ1v) is 8.44. The number of nitrogens with zero attached hydrogens (tertiary/aromatic N) is 2. The monoisotopic (exact) mass is 331 g/mol. The van der Waals surface area contributed by atoms with Gasteiger partial charge in [-0.3, -0.25) is 0 Å². The molecule has 0 saturated carbocycles. The first kappa shape index (κ1) is 16.1. The number of aliphatic hydroxyl groups excluding tert-OH is 1. The molecule has 0 aliphatic carbocycles. The van der Waals surface area contributed by atoms with Crippen LogP contribution in [0.3, 0.4) is 0 Å². The van der Waals surface area contributed by atoms with E-state index in [9.17, 15) is 5.11 Å². The maximum atomic E-state index is 9.29. The van der Waals surface area contributed by atoms with E-state index in [-0.39, 0.29) is 0 Å². The van der Waals surface area contributed by atoms with Crippen LogP contribution in [0.4, 0.5) is 11.4 Å². The predicted molar refractivity (Wildman–Crippen MR) is 95.0 cm³/mol. The SMILES string of the molecule is OCC1CCN(c2ccccc2NCc2cccnc2Cl)CC1. The van der Waals surface area contributed by atoms with Gasteiger partial charge in [-0.25, -0.2) is 4.98 Å². The van der Waals surface area contributed by atoms with E-state index in [0.29, 0.717) is 24.2 Å². The molecule has 2 N–H and O–H groups in total. The van der Waals surface area contributed by atoms with Crippen molar-refractivity contribution in [1.82, 2.24) is 4.98 Å². The number of hydrogen-bond acceptors (Lipinski definition) is 4. The highest BCUT2D eigenvalue weighted by Crippen LogP contribution is 2.30. The van der Waals surface area contributed by atoms with E-state index in [1.165, 1.54) is 5.69 Å². The number of para-hydroxylation sites is 2. The predicted octanol–water partition coefficient (Wildman–Crippen LogP) is 3.56. The van der Waals surface area contributed by atoms with Gasteiger partial charge < -0.3 is 15.3 Å². The van der Waals surface area contributed by atoms with Crippen molar-refractivity contribution in [2.45, 2.75) is 19.4 Å². The molecule has 0 spiro atoms. The minimum Gasteiger partial charge on any atom is -0.396 e. The van der Waals surface area contributed by atoms with E-state index in [0.717, 1.165) is 37.2 Å². The average molecular weight is 332 g/mol. The van der Waals surface area contributed by atoms with Gasteiger partial charge in [0.15, 0.2) is 0 Å². The van der Waals surface area contributed by atoms with Crippen molar-refractivity contribution in [1.29, 1.82) is 0 Å². The topological polar surface area (TPSA) is 48.4 Å². The Kier molecular flexibility index (Phi) is 5.36. The van der Waals surface area contributed by atoms with E-state index in [1.807, 2.05) is 18.2 Å². The summed E-state index contributed by atoms with van der Waals surface area (Å²) in [4.78, 5) is 6.50. The second-order valence-corrected chi connectivity index (χ2v) is 6.30. The molecule has 0 unspecified atom stereocenters. The number of benzene rings is 1. The summed E-state index contributed by atoms with van der Waals surface area (Å²) in [6.07, 6.45) is 3.78. The molecule has 1 fully saturated rings. The Morgan fingerprint density at radius 1 is 1.17 bits per heavy atom. The Bertz CT molecular complexity index is 642. The number of nitrogens with one attached hydrogen (secondary N) is 1. The summed E-state index contributed by atoms with van der Waals surface area (Å²) >= 11 is 6.13. The van der Waals surface area contributed by atoms with E-state index < -0.39 is 0 Å². The fourth-order valence-electron chi connectivity index (χ4n) is 3.00. The summed E-state index contributed by atoms with van der Waals surface area (Å²) in [5, 5.41) is 13.3. The summed E-state index contributed by atoms with van der Waals surface area (Å²) in [6, 6.07) is 12.2. The molecule has 4 nitrogen and oxygen atoms in total. The molecule has 2 aromatic rings. The molecule has 1 aromatic carbocycles. The van der Waals surface area contributed by atoms with Gasteiger partial charge in [0.2, 0.25) is 0 Å². The maximum absolute atomic E-state index is 9.29. The number of rotatable bonds is 5. The summed E-state index contributed by atoms with van der Waals surface area (Å²) in [5.41, 5.74) is 3.31. The Morgan fingerprint density at radius 3 is 2.70 bits per heavy atom. The Balaban J connectivity index is 1.70. The van der Waals surface area contributed by atoms with E-state index in [4.69, 9.17) is 11.6 Å². The number of piperidine rings is 1. The van der Waals surface area contributed by atoms with Crippen LogP contribution >= 0.6 is 11.6 Å². The number of halogens is 1. The van der Waals surface area contributed by atoms with Gasteiger partial charge in [0.05, 0.1) is 11.4 Å². The van der Waals surface area contributed by atoms with Crippen molar-refractivity contribution < 1.29 is 5.11 Å². The third-order valence-corrected chi connectivity index (χ3v) is 4.76. The van der Waals surface area contributed by atoms with Crippen LogP contribution in [0, 0.1) is 5.92 Å². The van der Waals surface area contributed by atoms with Gasteiger partial charge in [0.1, 0.15) is 5.15 Å². The molecular weight excluding hydrogens is 310 g/mol. The molecule has 1 saturated heterocycles. The fourth-order valence-corrected chi connectivity index (χ4v) is 3.18. The summed E-state index contributed by atoms with van der Waals surface area (Å²) < 4.78 is 0. The number of hydrogen-bond donors (Lipinski definition) is 2. The van der Waals surface area contributed by atoms with Crippen molar-refractivity contribution in [3.05, 3.63) is 53.3 Å². The van der Waals surface area contributed by atoms with Gasteiger partial charge in [-0.1, -0.05) is 29.8 Å². The lowest BCUT2D eigenvalue weighted by Crippen LogP contribution is -2.35. The molecule has 2 heterocycles. The highest BCUT2D eigenvalue weighted by molar-refractivity contribution is 6.30. The van der Waals surface area contributed by atoms with Gasteiger partial charge in [-0.05, 0) is 37.0 Å². The van der Waals surface area contributed by atoms with Crippen LogP contribution in [-0.4, -0.2) is 29.8 Å². The fraction of sp³-hybridized carbons (Fsp3) is 0.389. The van der Waals surface area contributed by atoms with Gasteiger partial charge in [0.25, 0.3) is 0 Å². The molecule has 1 aromatic heterocycles. The highest BCUT2D eigenvalue weighted by Gasteiger charge is 2.20. The molecule has 5 heteroatoms. The normalized spacial score (nSPS) is 15.7. The third kappa shape index (κ3) is 3.95. The van der Waals surface area contributed by atoms with Gasteiger partial charge in [0, 0.05) is 38.0 Å². The highest BCUT2D eigenvalue weighted by atomic mass is 35.5. The van der Waals surface area contributed by atoms with Crippen molar-refractivity contribution >= 4 is 23.0 Å². The number of aliphatic hydroxyl groups is 1. The molecule has 1 aliphatic heterocycles. The van der Waals surface area contributed by atoms with Crippen LogP contribution < -0.4 is 10.2 Å². The second-order valence-electron chi connectivity index (χ2n) is 5.94. The van der Waals surface area contributed by atoms with E-state index in [2.05, 4.69) is 33.4 Å². The van der Waals surface area contributed by atoms with E-state index >= 15 is 0 Å². The zero-order chi connectivity index (χ0) is 16.1. The average Bonchev–Trinajstić information content (AvgIpc) is 2.61. The quantitative estimate of drug-likeness (QED) is 0.822. The molecule has 0 amide bonds. The van der Waals surface area contributed by atoms with Crippen LogP contribution in [0.2, 0.25) is 5.15 Å². The lowest BCUT2D eigenvalue weighted by atomic mass is 9.97. The Labute approximate surface area is 142 Å². The van der Waals surface area contributed by atoms with Crippen LogP contribution in [0.25, 0.3) is 0 Å². The number of anilines is 2. The van der Waals surface area contributed by atoms with Crippen LogP contribution in [0.5, 0.6) is 0 Å². The zero-order valence-electron chi connectivity index (χ0n) is 13.1. The third-order valence-electron chi connectivity index (χ3n) is 4.42. The molecule has 122 valence electrons. The molecular formula is C18H22ClN3O. The summed E-state index contributed by atoms with van der Waals surface area (Å²) in [7, 11) is 0. The van der Waals surface area contributed by atoms with Crippen molar-refractivity contribution in [2.75, 3.05) is 29.9 Å². The smallest absolute Gasteiger partial charge is 0.133 e. The number of aromatic nitrogens is 1. The van der Waals surface area contributed by atoms with Gasteiger partial charge in [-0.2, -0.15) is 0 Å². The molecule has 23 heavy (non-hydrogen) atoms. The van der Waals surface area contributed by atoms with Crippen LogP contribution in [-0.2, 0) is 6.54 Å². The second kappa shape index (κ2) is 7.66. The largest absolute Gasteiger partial charge is 0.396 e. The van der Waals surface area contributed by atoms with E-state index in [1.54, 1.807) is 6.20 Å². The standard InChI is InChI=1S/C18H22ClN3O/c19-18-15(4-3-9-20-18)12-21-16-5-1-2-6-17(16)22-10-7-14(13-23)8-11-22/h1-6,9,14,21,23H,7-8,10-13H2. The lowest BCUT2D eigenvalue weighted by molar-refractivity contribution is 0.203. The van der Waals surface area contributed by atoms with Crippen molar-refractivity contribution in [2.24, 2.45) is 5.92 Å². The van der Waals surface area contributed by atoms with Crippen molar-refractivity contribution in [3.8, 4) is 0 Å². The zero-order valence-corrected chi connectivity index (χ0v) is 13.8. The Hall–Kier alpha value is -1.78. The Morgan fingerprint density at radius 2 is 1.96 bits per heavy atom. The first-order chi connectivity index (χ1) is 11.3. The molecule has 1 aliphatic rings. The minimum absolute atomic E-state index is 0.299. The summed E-state index contributed by atoms with van der Waals surface area (Å²) in [5.74, 6) is 0.445. The molecule has 0 atom stereocenters. The summed E-state index contributed by atoms with van der Waals surface area (Å²) in [6.45, 7) is 2.92. The minimum atomic E-state index is 0.299. The molecule has 3 rings (SSSR count). The first-order valence-electron chi connectivity index (χ1n) is 8.06. The molecule has 0 radical (unpaired) electrons. The number of pyridine rings is 1. The van der Waals surface area contributed by atoms with Crippen LogP contribution in [0.15, 0.2) is 42.6 Å². The lowest BCUT2D eigenvalue weighted by Gasteiger charge is -2.34. The van der Waals surface area contributed by atoms with Gasteiger partial charge >= 0.3 is 0 Å². The van der Waals surface area contributed by atoms with Gasteiger partial charge in [-0.15, -0.1) is 0 Å².